The molecule has 2 rings (SSSR count). The number of carboxylic acids is 1. The van der Waals surface area contributed by atoms with Crippen molar-refractivity contribution in [3.63, 3.8) is 0 Å². The number of carboxylic acid groups (broad SMARTS) is 1. The van der Waals surface area contributed by atoms with Gasteiger partial charge in [-0.2, -0.15) is 0 Å². The summed E-state index contributed by atoms with van der Waals surface area (Å²) in [5.41, 5.74) is 3.62. The minimum Gasteiger partial charge on any atom is -0.493 e. The Hall–Kier alpha value is -1.51. The molecule has 3 atom stereocenters. The van der Waals surface area contributed by atoms with Crippen LogP contribution in [0.2, 0.25) is 0 Å². The Morgan fingerprint density at radius 2 is 2.15 bits per heavy atom. The van der Waals surface area contributed by atoms with E-state index in [-0.39, 0.29) is 5.92 Å². The van der Waals surface area contributed by atoms with Gasteiger partial charge in [-0.15, -0.1) is 0 Å². The zero-order valence-electron chi connectivity index (χ0n) is 12.8. The number of aryl methyl sites for hydroxylation is 2. The number of aliphatic carboxylic acids is 1. The van der Waals surface area contributed by atoms with Gasteiger partial charge in [-0.25, -0.2) is 0 Å². The van der Waals surface area contributed by atoms with E-state index < -0.39 is 5.97 Å². The Kier molecular flexibility index (Phi) is 4.36. The van der Waals surface area contributed by atoms with E-state index >= 15 is 0 Å². The van der Waals surface area contributed by atoms with E-state index in [1.807, 2.05) is 6.92 Å². The Balaban J connectivity index is 2.16. The number of rotatable bonds is 6. The standard InChI is InChI=1S/C17H24O3/c1-5-20-16-12(4)6-10(2)7-14(16)11(3)8-13-9-15(13)17(18)19/h6-7,11,13,15H,5,8-9H2,1-4H3,(H,18,19). The Bertz CT molecular complexity index is 507. The Morgan fingerprint density at radius 1 is 1.45 bits per heavy atom. The van der Waals surface area contributed by atoms with Gasteiger partial charge in [-0.05, 0) is 56.6 Å². The number of carbonyl (C=O) groups is 1. The topological polar surface area (TPSA) is 46.5 Å². The predicted octanol–water partition coefficient (Wildman–Crippen LogP) is 3.92. The van der Waals surface area contributed by atoms with Gasteiger partial charge in [0.1, 0.15) is 5.75 Å². The summed E-state index contributed by atoms with van der Waals surface area (Å²) < 4.78 is 5.80. The second-order valence-electron chi connectivity index (χ2n) is 6.01. The summed E-state index contributed by atoms with van der Waals surface area (Å²) in [5, 5.41) is 9.01. The molecule has 0 spiro atoms. The van der Waals surface area contributed by atoms with E-state index in [0.29, 0.717) is 18.4 Å². The highest BCUT2D eigenvalue weighted by atomic mass is 16.5. The molecule has 1 fully saturated rings. The number of hydrogen-bond acceptors (Lipinski definition) is 2. The van der Waals surface area contributed by atoms with Crippen LogP contribution in [0.15, 0.2) is 12.1 Å². The van der Waals surface area contributed by atoms with Gasteiger partial charge in [0.05, 0.1) is 12.5 Å². The molecule has 1 aliphatic rings. The van der Waals surface area contributed by atoms with Gasteiger partial charge >= 0.3 is 5.97 Å². The van der Waals surface area contributed by atoms with Gasteiger partial charge in [0.2, 0.25) is 0 Å². The van der Waals surface area contributed by atoms with Crippen LogP contribution in [0, 0.1) is 25.7 Å². The van der Waals surface area contributed by atoms with E-state index in [1.165, 1.54) is 16.7 Å². The zero-order chi connectivity index (χ0) is 14.9. The fourth-order valence-electron chi connectivity index (χ4n) is 3.09. The Morgan fingerprint density at radius 3 is 2.70 bits per heavy atom. The number of ether oxygens (including phenoxy) is 1. The van der Waals surface area contributed by atoms with Crippen LogP contribution in [0.25, 0.3) is 0 Å². The van der Waals surface area contributed by atoms with Crippen molar-refractivity contribution >= 4 is 5.97 Å². The molecule has 0 bridgehead atoms. The lowest BCUT2D eigenvalue weighted by Gasteiger charge is -2.19. The number of hydrogen-bond donors (Lipinski definition) is 1. The van der Waals surface area contributed by atoms with Crippen LogP contribution >= 0.6 is 0 Å². The van der Waals surface area contributed by atoms with Crippen molar-refractivity contribution in [3.05, 3.63) is 28.8 Å². The molecule has 1 saturated carbocycles. The molecule has 1 N–H and O–H groups in total. The quantitative estimate of drug-likeness (QED) is 0.856. The molecule has 0 radical (unpaired) electrons. The molecule has 3 unspecified atom stereocenters. The van der Waals surface area contributed by atoms with Crippen LogP contribution in [0.5, 0.6) is 5.75 Å². The Labute approximate surface area is 121 Å². The normalized spacial score (nSPS) is 22.4. The van der Waals surface area contributed by atoms with Crippen LogP contribution in [0.3, 0.4) is 0 Å². The largest absolute Gasteiger partial charge is 0.493 e. The summed E-state index contributed by atoms with van der Waals surface area (Å²) in [6.45, 7) is 9.00. The molecule has 1 aliphatic carbocycles. The first-order valence-corrected chi connectivity index (χ1v) is 7.40. The molecule has 3 heteroatoms. The highest BCUT2D eigenvalue weighted by Gasteiger charge is 2.43. The predicted molar refractivity (Wildman–Crippen MR) is 79.3 cm³/mol. The van der Waals surface area contributed by atoms with Crippen LogP contribution < -0.4 is 4.74 Å². The minimum atomic E-state index is -0.646. The molecule has 110 valence electrons. The van der Waals surface area contributed by atoms with Crippen molar-refractivity contribution in [2.45, 2.75) is 46.5 Å². The first-order valence-electron chi connectivity index (χ1n) is 7.40. The average molecular weight is 276 g/mol. The highest BCUT2D eigenvalue weighted by Crippen LogP contribution is 2.46. The second-order valence-corrected chi connectivity index (χ2v) is 6.01. The lowest BCUT2D eigenvalue weighted by molar-refractivity contribution is -0.138. The lowest BCUT2D eigenvalue weighted by Crippen LogP contribution is -2.06. The van der Waals surface area contributed by atoms with Crippen molar-refractivity contribution in [1.82, 2.24) is 0 Å². The molecular weight excluding hydrogens is 252 g/mol. The first-order chi connectivity index (χ1) is 9.43. The smallest absolute Gasteiger partial charge is 0.306 e. The second kappa shape index (κ2) is 5.86. The van der Waals surface area contributed by atoms with Crippen molar-refractivity contribution in [2.75, 3.05) is 6.61 Å². The van der Waals surface area contributed by atoms with Crippen LogP contribution in [-0.4, -0.2) is 17.7 Å². The molecule has 1 aromatic carbocycles. The lowest BCUT2D eigenvalue weighted by atomic mass is 9.91. The fraction of sp³-hybridized carbons (Fsp3) is 0.588. The van der Waals surface area contributed by atoms with Crippen LogP contribution in [-0.2, 0) is 4.79 Å². The first kappa shape index (κ1) is 14.9. The third-order valence-corrected chi connectivity index (χ3v) is 4.16. The van der Waals surface area contributed by atoms with Crippen molar-refractivity contribution in [2.24, 2.45) is 11.8 Å². The molecule has 0 amide bonds. The molecule has 0 heterocycles. The summed E-state index contributed by atoms with van der Waals surface area (Å²) >= 11 is 0. The summed E-state index contributed by atoms with van der Waals surface area (Å²) in [7, 11) is 0. The van der Waals surface area contributed by atoms with Crippen molar-refractivity contribution in [1.29, 1.82) is 0 Å². The molecule has 0 aromatic heterocycles. The molecule has 20 heavy (non-hydrogen) atoms. The van der Waals surface area contributed by atoms with E-state index in [4.69, 9.17) is 9.84 Å². The minimum absolute atomic E-state index is 0.126. The molecule has 0 saturated heterocycles. The summed E-state index contributed by atoms with van der Waals surface area (Å²) in [5.74, 6) is 0.881. The SMILES string of the molecule is CCOc1c(C)cc(C)cc1C(C)CC1CC1C(=O)O. The molecule has 3 nitrogen and oxygen atoms in total. The summed E-state index contributed by atoms with van der Waals surface area (Å²) in [6, 6.07) is 4.32. The molecule has 0 aliphatic heterocycles. The fourth-order valence-corrected chi connectivity index (χ4v) is 3.09. The molecule has 1 aromatic rings. The van der Waals surface area contributed by atoms with Gasteiger partial charge < -0.3 is 9.84 Å². The maximum atomic E-state index is 10.9. The number of benzene rings is 1. The highest BCUT2D eigenvalue weighted by molar-refractivity contribution is 5.73. The maximum Gasteiger partial charge on any atom is 0.306 e. The zero-order valence-corrected chi connectivity index (χ0v) is 12.8. The molecular formula is C17H24O3. The monoisotopic (exact) mass is 276 g/mol. The van der Waals surface area contributed by atoms with Gasteiger partial charge in [0, 0.05) is 0 Å². The van der Waals surface area contributed by atoms with E-state index in [2.05, 4.69) is 32.9 Å². The third-order valence-electron chi connectivity index (χ3n) is 4.16. The van der Waals surface area contributed by atoms with Gasteiger partial charge in [-0.3, -0.25) is 4.79 Å². The van der Waals surface area contributed by atoms with E-state index in [0.717, 1.165) is 18.6 Å². The maximum absolute atomic E-state index is 10.9. The van der Waals surface area contributed by atoms with Crippen molar-refractivity contribution < 1.29 is 14.6 Å². The summed E-state index contributed by atoms with van der Waals surface area (Å²) in [4.78, 5) is 10.9. The van der Waals surface area contributed by atoms with Crippen LogP contribution in [0.4, 0.5) is 0 Å². The van der Waals surface area contributed by atoms with Gasteiger partial charge in [0.15, 0.2) is 0 Å². The van der Waals surface area contributed by atoms with Gasteiger partial charge in [0.25, 0.3) is 0 Å². The van der Waals surface area contributed by atoms with E-state index in [9.17, 15) is 4.79 Å². The van der Waals surface area contributed by atoms with Crippen LogP contribution in [0.1, 0.15) is 49.3 Å². The van der Waals surface area contributed by atoms with E-state index in [1.54, 1.807) is 0 Å². The van der Waals surface area contributed by atoms with Crippen molar-refractivity contribution in [3.8, 4) is 5.75 Å². The van der Waals surface area contributed by atoms with Gasteiger partial charge in [-0.1, -0.05) is 24.6 Å². The average Bonchev–Trinajstić information content (AvgIpc) is 3.11. The third kappa shape index (κ3) is 3.14. The summed E-state index contributed by atoms with van der Waals surface area (Å²) in [6.07, 6.45) is 1.76.